The number of methoxy groups -OCH3 is 1. The molecule has 0 unspecified atom stereocenters. The van der Waals surface area contributed by atoms with Crippen molar-refractivity contribution in [3.63, 3.8) is 0 Å². The highest BCUT2D eigenvalue weighted by Crippen LogP contribution is 2.25. The number of halogens is 1. The Hall–Kier alpha value is -1.81. The molecule has 0 aliphatic heterocycles. The van der Waals surface area contributed by atoms with E-state index in [0.717, 1.165) is 45.4 Å². The first-order valence-corrected chi connectivity index (χ1v) is 8.90. The molecule has 0 bridgehead atoms. The highest BCUT2D eigenvalue weighted by atomic mass is 79.9. The van der Waals surface area contributed by atoms with E-state index in [-0.39, 0.29) is 5.91 Å². The summed E-state index contributed by atoms with van der Waals surface area (Å²) in [6, 6.07) is 10.2. The summed E-state index contributed by atoms with van der Waals surface area (Å²) in [6.45, 7) is 6.05. The Kier molecular flexibility index (Phi) is 6.44. The van der Waals surface area contributed by atoms with E-state index >= 15 is 0 Å². The van der Waals surface area contributed by atoms with Crippen LogP contribution in [0.15, 0.2) is 34.8 Å². The zero-order valence-corrected chi connectivity index (χ0v) is 16.3. The van der Waals surface area contributed by atoms with E-state index in [9.17, 15) is 4.79 Å². The smallest absolute Gasteiger partial charge is 0.224 e. The summed E-state index contributed by atoms with van der Waals surface area (Å²) in [4.78, 5) is 12.2. The maximum Gasteiger partial charge on any atom is 0.224 e. The van der Waals surface area contributed by atoms with Crippen LogP contribution in [-0.4, -0.2) is 13.0 Å². The monoisotopic (exact) mass is 389 g/mol. The van der Waals surface area contributed by atoms with Crippen molar-refractivity contribution in [3.8, 4) is 5.75 Å². The van der Waals surface area contributed by atoms with Crippen LogP contribution in [0.1, 0.15) is 35.1 Å². The molecule has 2 aromatic rings. The van der Waals surface area contributed by atoms with E-state index in [0.29, 0.717) is 6.42 Å². The number of nitrogens with one attached hydrogen (secondary N) is 1. The van der Waals surface area contributed by atoms with Gasteiger partial charge in [0, 0.05) is 16.6 Å². The standard InChI is InChI=1S/C20H24BrNO2/c1-13-10-16(8-9-18(13)24-4)6-5-7-19(23)22-20-14(2)11-17(21)12-15(20)3/h8-12H,5-7H2,1-4H3,(H,22,23). The molecule has 24 heavy (non-hydrogen) atoms. The quantitative estimate of drug-likeness (QED) is 0.723. The van der Waals surface area contributed by atoms with Crippen LogP contribution < -0.4 is 10.1 Å². The number of rotatable bonds is 6. The number of ether oxygens (including phenoxy) is 1. The Morgan fingerprint density at radius 1 is 1.08 bits per heavy atom. The SMILES string of the molecule is COc1ccc(CCCC(=O)Nc2c(C)cc(Br)cc2C)cc1C. The molecular weight excluding hydrogens is 366 g/mol. The fourth-order valence-corrected chi connectivity index (χ4v) is 3.55. The summed E-state index contributed by atoms with van der Waals surface area (Å²) in [7, 11) is 1.68. The van der Waals surface area contributed by atoms with E-state index < -0.39 is 0 Å². The van der Waals surface area contributed by atoms with Crippen molar-refractivity contribution in [1.82, 2.24) is 0 Å². The summed E-state index contributed by atoms with van der Waals surface area (Å²) < 4.78 is 6.31. The minimum Gasteiger partial charge on any atom is -0.496 e. The van der Waals surface area contributed by atoms with Crippen molar-refractivity contribution in [1.29, 1.82) is 0 Å². The van der Waals surface area contributed by atoms with Crippen LogP contribution in [0.4, 0.5) is 5.69 Å². The van der Waals surface area contributed by atoms with Crippen LogP contribution in [0.25, 0.3) is 0 Å². The maximum absolute atomic E-state index is 12.2. The maximum atomic E-state index is 12.2. The van der Waals surface area contributed by atoms with Crippen molar-refractivity contribution in [2.24, 2.45) is 0 Å². The number of aryl methyl sites for hydroxylation is 4. The van der Waals surface area contributed by atoms with Gasteiger partial charge in [-0.1, -0.05) is 28.1 Å². The predicted molar refractivity (Wildman–Crippen MR) is 103 cm³/mol. The lowest BCUT2D eigenvalue weighted by molar-refractivity contribution is -0.116. The molecule has 4 heteroatoms. The molecule has 128 valence electrons. The van der Waals surface area contributed by atoms with Crippen LogP contribution in [0.2, 0.25) is 0 Å². The molecule has 0 fully saturated rings. The lowest BCUT2D eigenvalue weighted by Crippen LogP contribution is -2.13. The third-order valence-corrected chi connectivity index (χ3v) is 4.55. The van der Waals surface area contributed by atoms with Gasteiger partial charge in [-0.25, -0.2) is 0 Å². The summed E-state index contributed by atoms with van der Waals surface area (Å²) in [5, 5.41) is 3.04. The molecule has 0 saturated heterocycles. The fraction of sp³-hybridized carbons (Fsp3) is 0.350. The largest absolute Gasteiger partial charge is 0.496 e. The molecule has 2 rings (SSSR count). The van der Waals surface area contributed by atoms with E-state index in [1.165, 1.54) is 5.56 Å². The van der Waals surface area contributed by atoms with Gasteiger partial charge in [0.15, 0.2) is 0 Å². The van der Waals surface area contributed by atoms with Gasteiger partial charge in [-0.3, -0.25) is 4.79 Å². The first-order valence-electron chi connectivity index (χ1n) is 8.11. The fourth-order valence-electron chi connectivity index (χ4n) is 2.86. The second kappa shape index (κ2) is 8.34. The lowest BCUT2D eigenvalue weighted by atomic mass is 10.0. The van der Waals surface area contributed by atoms with Gasteiger partial charge in [-0.05, 0) is 74.1 Å². The Bertz CT molecular complexity index is 717. The Labute approximate surface area is 152 Å². The molecule has 1 N–H and O–H groups in total. The van der Waals surface area contributed by atoms with Gasteiger partial charge in [-0.15, -0.1) is 0 Å². The van der Waals surface area contributed by atoms with E-state index in [1.807, 2.05) is 39.0 Å². The molecule has 3 nitrogen and oxygen atoms in total. The molecule has 0 radical (unpaired) electrons. The molecule has 0 heterocycles. The molecule has 0 saturated carbocycles. The average Bonchev–Trinajstić information content (AvgIpc) is 2.51. The number of anilines is 1. The second-order valence-electron chi connectivity index (χ2n) is 6.12. The van der Waals surface area contributed by atoms with Gasteiger partial charge < -0.3 is 10.1 Å². The third-order valence-electron chi connectivity index (χ3n) is 4.09. The molecule has 0 spiro atoms. The van der Waals surface area contributed by atoms with Crippen LogP contribution in [0.5, 0.6) is 5.75 Å². The first kappa shape index (κ1) is 18.5. The van der Waals surface area contributed by atoms with E-state index in [4.69, 9.17) is 4.74 Å². The van der Waals surface area contributed by atoms with E-state index in [2.05, 4.69) is 33.4 Å². The van der Waals surface area contributed by atoms with Gasteiger partial charge in [0.05, 0.1) is 7.11 Å². The summed E-state index contributed by atoms with van der Waals surface area (Å²) >= 11 is 3.48. The summed E-state index contributed by atoms with van der Waals surface area (Å²) in [5.74, 6) is 0.964. The summed E-state index contributed by atoms with van der Waals surface area (Å²) in [6.07, 6.45) is 2.23. The van der Waals surface area contributed by atoms with Gasteiger partial charge in [0.25, 0.3) is 0 Å². The highest BCUT2D eigenvalue weighted by molar-refractivity contribution is 9.10. The molecule has 0 aliphatic rings. The predicted octanol–water partition coefficient (Wildman–Crippen LogP) is 5.34. The van der Waals surface area contributed by atoms with Crippen molar-refractivity contribution in [2.75, 3.05) is 12.4 Å². The Morgan fingerprint density at radius 2 is 1.75 bits per heavy atom. The Balaban J connectivity index is 1.89. The van der Waals surface area contributed by atoms with Crippen LogP contribution in [0.3, 0.4) is 0 Å². The second-order valence-corrected chi connectivity index (χ2v) is 7.04. The number of hydrogen-bond acceptors (Lipinski definition) is 2. The van der Waals surface area contributed by atoms with Crippen molar-refractivity contribution >= 4 is 27.5 Å². The number of benzene rings is 2. The van der Waals surface area contributed by atoms with Gasteiger partial charge in [0.1, 0.15) is 5.75 Å². The van der Waals surface area contributed by atoms with Crippen molar-refractivity contribution in [2.45, 2.75) is 40.0 Å². The van der Waals surface area contributed by atoms with Crippen molar-refractivity contribution in [3.05, 3.63) is 57.1 Å². The minimum absolute atomic E-state index is 0.0637. The number of amides is 1. The molecule has 1 amide bonds. The van der Waals surface area contributed by atoms with Crippen LogP contribution in [0, 0.1) is 20.8 Å². The number of carbonyl (C=O) groups excluding carboxylic acids is 1. The summed E-state index contributed by atoms with van der Waals surface area (Å²) in [5.41, 5.74) is 5.42. The molecular formula is C20H24BrNO2. The van der Waals surface area contributed by atoms with E-state index in [1.54, 1.807) is 7.11 Å². The molecule has 0 atom stereocenters. The van der Waals surface area contributed by atoms with Crippen LogP contribution >= 0.6 is 15.9 Å². The normalized spacial score (nSPS) is 10.5. The lowest BCUT2D eigenvalue weighted by Gasteiger charge is -2.12. The Morgan fingerprint density at radius 3 is 2.33 bits per heavy atom. The third kappa shape index (κ3) is 4.84. The van der Waals surface area contributed by atoms with Gasteiger partial charge >= 0.3 is 0 Å². The van der Waals surface area contributed by atoms with Crippen LogP contribution in [-0.2, 0) is 11.2 Å². The van der Waals surface area contributed by atoms with Gasteiger partial charge in [0.2, 0.25) is 5.91 Å². The number of hydrogen-bond donors (Lipinski definition) is 1. The molecule has 0 aromatic heterocycles. The van der Waals surface area contributed by atoms with Gasteiger partial charge in [-0.2, -0.15) is 0 Å². The highest BCUT2D eigenvalue weighted by Gasteiger charge is 2.09. The first-order chi connectivity index (χ1) is 11.4. The van der Waals surface area contributed by atoms with Crippen molar-refractivity contribution < 1.29 is 9.53 Å². The topological polar surface area (TPSA) is 38.3 Å². The average molecular weight is 390 g/mol. The number of carbonyl (C=O) groups is 1. The zero-order valence-electron chi connectivity index (χ0n) is 14.7. The molecule has 0 aliphatic carbocycles. The minimum atomic E-state index is 0.0637. The zero-order chi connectivity index (χ0) is 17.7. The molecule has 2 aromatic carbocycles.